The molecule has 0 saturated carbocycles. The first-order valence-corrected chi connectivity index (χ1v) is 19.1. The normalized spacial score (nSPS) is 12.4. The Hall–Kier alpha value is -2.37. The van der Waals surface area contributed by atoms with Crippen molar-refractivity contribution in [2.75, 3.05) is 6.54 Å². The van der Waals surface area contributed by atoms with E-state index in [1.807, 2.05) is 0 Å². The van der Waals surface area contributed by atoms with Crippen molar-refractivity contribution >= 4 is 17.8 Å². The standard InChI is InChI=1S/C40H71NO5/c1-3-5-7-9-11-13-14-15-16-17-19-21-27-31-35-40(45)46-37(32-28-24-20-18-12-10-8-6-4-2)33-29-25-22-23-26-30-34-38(42)41-36-39(43)44/h14-15,18,20,28,32,37H,3-13,16-17,19,21-27,29-31,33-36H2,1-2H3,(H,41,42)(H,43,44)/b15-14-,20-18-,32-28-. The van der Waals surface area contributed by atoms with Gasteiger partial charge in [0.25, 0.3) is 0 Å². The number of amides is 1. The Morgan fingerprint density at radius 1 is 0.587 bits per heavy atom. The van der Waals surface area contributed by atoms with Crippen LogP contribution in [0.5, 0.6) is 0 Å². The van der Waals surface area contributed by atoms with Gasteiger partial charge in [-0.05, 0) is 76.7 Å². The number of hydrogen-bond donors (Lipinski definition) is 2. The van der Waals surface area contributed by atoms with E-state index in [1.165, 1.54) is 89.9 Å². The quantitative estimate of drug-likeness (QED) is 0.0412. The van der Waals surface area contributed by atoms with Crippen LogP contribution in [-0.4, -0.2) is 35.6 Å². The molecule has 0 aromatic carbocycles. The molecule has 0 bridgehead atoms. The molecule has 0 aromatic rings. The summed E-state index contributed by atoms with van der Waals surface area (Å²) in [5.41, 5.74) is 0. The molecule has 6 heteroatoms. The van der Waals surface area contributed by atoms with Crippen LogP contribution in [0.1, 0.15) is 187 Å². The monoisotopic (exact) mass is 646 g/mol. The van der Waals surface area contributed by atoms with E-state index < -0.39 is 5.97 Å². The lowest BCUT2D eigenvalue weighted by molar-refractivity contribution is -0.147. The summed E-state index contributed by atoms with van der Waals surface area (Å²) in [5.74, 6) is -1.30. The summed E-state index contributed by atoms with van der Waals surface area (Å²) in [4.78, 5) is 34.8. The molecule has 0 aromatic heterocycles. The molecule has 0 saturated heterocycles. The zero-order valence-corrected chi connectivity index (χ0v) is 29.9. The van der Waals surface area contributed by atoms with Gasteiger partial charge >= 0.3 is 11.9 Å². The second kappa shape index (κ2) is 35.5. The van der Waals surface area contributed by atoms with Crippen molar-refractivity contribution in [2.24, 2.45) is 0 Å². The lowest BCUT2D eigenvalue weighted by Gasteiger charge is -2.14. The molecule has 46 heavy (non-hydrogen) atoms. The molecule has 0 spiro atoms. The van der Waals surface area contributed by atoms with Crippen LogP contribution in [0.25, 0.3) is 0 Å². The minimum Gasteiger partial charge on any atom is -0.480 e. The Bertz CT molecular complexity index is 803. The lowest BCUT2D eigenvalue weighted by Crippen LogP contribution is -2.28. The number of esters is 1. The smallest absolute Gasteiger partial charge is 0.322 e. The van der Waals surface area contributed by atoms with Gasteiger partial charge in [0.1, 0.15) is 12.6 Å². The second-order valence-corrected chi connectivity index (χ2v) is 12.8. The predicted octanol–water partition coefficient (Wildman–Crippen LogP) is 11.3. The second-order valence-electron chi connectivity index (χ2n) is 12.8. The number of allylic oxidation sites excluding steroid dienone is 5. The zero-order chi connectivity index (χ0) is 33.8. The molecule has 0 aliphatic heterocycles. The fourth-order valence-electron chi connectivity index (χ4n) is 5.40. The van der Waals surface area contributed by atoms with Gasteiger partial charge in [0.15, 0.2) is 0 Å². The van der Waals surface area contributed by atoms with Crippen LogP contribution in [-0.2, 0) is 19.1 Å². The number of hydrogen-bond acceptors (Lipinski definition) is 4. The summed E-state index contributed by atoms with van der Waals surface area (Å²) in [7, 11) is 0. The fourth-order valence-corrected chi connectivity index (χ4v) is 5.40. The first-order chi connectivity index (χ1) is 22.5. The number of carboxylic acids is 1. The third kappa shape index (κ3) is 34.5. The molecule has 1 amide bonds. The Kier molecular flexibility index (Phi) is 33.7. The Balaban J connectivity index is 4.23. The van der Waals surface area contributed by atoms with E-state index in [9.17, 15) is 14.4 Å². The average Bonchev–Trinajstić information content (AvgIpc) is 3.04. The van der Waals surface area contributed by atoms with Crippen LogP contribution in [0.15, 0.2) is 36.5 Å². The van der Waals surface area contributed by atoms with E-state index in [2.05, 4.69) is 55.6 Å². The van der Waals surface area contributed by atoms with Gasteiger partial charge in [0.2, 0.25) is 5.91 Å². The van der Waals surface area contributed by atoms with E-state index in [0.29, 0.717) is 12.8 Å². The number of carboxylic acid groups (broad SMARTS) is 1. The number of aliphatic carboxylic acids is 1. The number of rotatable bonds is 34. The molecule has 0 aliphatic rings. The van der Waals surface area contributed by atoms with Gasteiger partial charge in [0.05, 0.1) is 0 Å². The molecule has 6 nitrogen and oxygen atoms in total. The summed E-state index contributed by atoms with van der Waals surface area (Å²) < 4.78 is 5.90. The van der Waals surface area contributed by atoms with E-state index in [-0.39, 0.29) is 24.5 Å². The maximum atomic E-state index is 12.6. The summed E-state index contributed by atoms with van der Waals surface area (Å²) in [6.45, 7) is 4.18. The van der Waals surface area contributed by atoms with Crippen LogP contribution in [0.2, 0.25) is 0 Å². The Labute approximate surface area is 283 Å². The topological polar surface area (TPSA) is 92.7 Å². The lowest BCUT2D eigenvalue weighted by atomic mass is 10.1. The van der Waals surface area contributed by atoms with E-state index in [4.69, 9.17) is 9.84 Å². The summed E-state index contributed by atoms with van der Waals surface area (Å²) in [6.07, 6.45) is 42.8. The number of unbranched alkanes of at least 4 members (excludes halogenated alkanes) is 19. The maximum absolute atomic E-state index is 12.6. The van der Waals surface area contributed by atoms with Crippen molar-refractivity contribution in [3.8, 4) is 0 Å². The zero-order valence-electron chi connectivity index (χ0n) is 29.9. The third-order valence-electron chi connectivity index (χ3n) is 8.27. The molecule has 0 fully saturated rings. The van der Waals surface area contributed by atoms with Gasteiger partial charge < -0.3 is 15.2 Å². The first kappa shape index (κ1) is 43.6. The molecule has 1 unspecified atom stereocenters. The molecule has 2 N–H and O–H groups in total. The van der Waals surface area contributed by atoms with Gasteiger partial charge in [-0.2, -0.15) is 0 Å². The van der Waals surface area contributed by atoms with Crippen molar-refractivity contribution < 1.29 is 24.2 Å². The number of carbonyl (C=O) groups is 3. The molecular formula is C40H71NO5. The molecule has 0 heterocycles. The average molecular weight is 646 g/mol. The van der Waals surface area contributed by atoms with Crippen LogP contribution >= 0.6 is 0 Å². The first-order valence-electron chi connectivity index (χ1n) is 19.1. The van der Waals surface area contributed by atoms with E-state index >= 15 is 0 Å². The van der Waals surface area contributed by atoms with Gasteiger partial charge in [-0.3, -0.25) is 14.4 Å². The molecular weight excluding hydrogens is 574 g/mol. The van der Waals surface area contributed by atoms with Crippen molar-refractivity contribution in [1.29, 1.82) is 0 Å². The molecule has 266 valence electrons. The summed E-state index contributed by atoms with van der Waals surface area (Å²) in [5, 5.41) is 11.0. The minimum absolute atomic E-state index is 0.0795. The van der Waals surface area contributed by atoms with Crippen LogP contribution in [0, 0.1) is 0 Å². The Morgan fingerprint density at radius 2 is 1.07 bits per heavy atom. The van der Waals surface area contributed by atoms with E-state index in [1.54, 1.807) is 0 Å². The highest BCUT2D eigenvalue weighted by Gasteiger charge is 2.11. The third-order valence-corrected chi connectivity index (χ3v) is 8.27. The van der Waals surface area contributed by atoms with Crippen LogP contribution in [0.4, 0.5) is 0 Å². The van der Waals surface area contributed by atoms with Gasteiger partial charge in [-0.25, -0.2) is 0 Å². The highest BCUT2D eigenvalue weighted by atomic mass is 16.5. The van der Waals surface area contributed by atoms with Gasteiger partial charge in [-0.1, -0.05) is 134 Å². The Morgan fingerprint density at radius 3 is 1.65 bits per heavy atom. The van der Waals surface area contributed by atoms with Crippen molar-refractivity contribution in [3.05, 3.63) is 36.5 Å². The molecule has 1 atom stereocenters. The highest BCUT2D eigenvalue weighted by Crippen LogP contribution is 2.15. The summed E-state index contributed by atoms with van der Waals surface area (Å²) in [6, 6.07) is 0. The van der Waals surface area contributed by atoms with Crippen molar-refractivity contribution in [2.45, 2.75) is 193 Å². The van der Waals surface area contributed by atoms with Crippen LogP contribution in [0.3, 0.4) is 0 Å². The van der Waals surface area contributed by atoms with Gasteiger partial charge in [-0.15, -0.1) is 0 Å². The summed E-state index contributed by atoms with van der Waals surface area (Å²) >= 11 is 0. The number of ether oxygens (including phenoxy) is 1. The highest BCUT2D eigenvalue weighted by molar-refractivity contribution is 5.80. The maximum Gasteiger partial charge on any atom is 0.322 e. The SMILES string of the molecule is CCCCCC/C=C\C/C=C\C(CCCCCCCCC(=O)NCC(=O)O)OC(=O)CCCCCCC/C=C\CCCCCCC. The number of nitrogens with one attached hydrogen (secondary N) is 1. The predicted molar refractivity (Wildman–Crippen MR) is 194 cm³/mol. The molecule has 0 rings (SSSR count). The fraction of sp³-hybridized carbons (Fsp3) is 0.775. The van der Waals surface area contributed by atoms with Gasteiger partial charge in [0, 0.05) is 12.8 Å². The van der Waals surface area contributed by atoms with E-state index in [0.717, 1.165) is 70.6 Å². The molecule has 0 aliphatic carbocycles. The van der Waals surface area contributed by atoms with Crippen molar-refractivity contribution in [3.63, 3.8) is 0 Å². The minimum atomic E-state index is -1.02. The largest absolute Gasteiger partial charge is 0.480 e. The van der Waals surface area contributed by atoms with Crippen LogP contribution < -0.4 is 5.32 Å². The van der Waals surface area contributed by atoms with Crippen molar-refractivity contribution in [1.82, 2.24) is 5.32 Å². The molecule has 0 radical (unpaired) electrons. The number of carbonyl (C=O) groups excluding carboxylic acids is 2.